The van der Waals surface area contributed by atoms with Gasteiger partial charge in [-0.25, -0.2) is 0 Å². The molecule has 1 saturated carbocycles. The van der Waals surface area contributed by atoms with E-state index in [9.17, 15) is 0 Å². The van der Waals surface area contributed by atoms with E-state index in [0.29, 0.717) is 12.0 Å². The first-order valence-electron chi connectivity index (χ1n) is 12.8. The molecule has 0 bridgehead atoms. The van der Waals surface area contributed by atoms with Crippen LogP contribution >= 0.6 is 0 Å². The standard InChI is InChI=1S/C8H14O.2C6H12O.C5H8O.C4H8O/c1-2-9-8-6-4-3-5-7-8;1-4-7-5-6(2)3;1-3-5-6-7-4-2;1-2-4-6-5-3-1;1-3-5-4-2/h2,8H,1,3-7H2;4,6H,1,5H2,2-3H3;5-6H,3-4H2,1-2H3;2,4H,1,3,5H2;3H,1,4H2,2H3/b;;6-5+;;. The van der Waals surface area contributed by atoms with E-state index in [4.69, 9.17) is 18.9 Å². The van der Waals surface area contributed by atoms with Crippen LogP contribution in [0.1, 0.15) is 86.0 Å². The van der Waals surface area contributed by atoms with Gasteiger partial charge in [0, 0.05) is 0 Å². The molecule has 5 heteroatoms. The Labute approximate surface area is 211 Å². The van der Waals surface area contributed by atoms with Crippen molar-refractivity contribution in [2.45, 2.75) is 92.1 Å². The van der Waals surface area contributed by atoms with Crippen molar-refractivity contribution in [1.82, 2.24) is 0 Å². The highest BCUT2D eigenvalue weighted by molar-refractivity contribution is 4.76. The molecular weight excluding hydrogens is 428 g/mol. The Morgan fingerprint density at radius 2 is 1.53 bits per heavy atom. The van der Waals surface area contributed by atoms with Gasteiger partial charge in [-0.05, 0) is 70.8 Å². The van der Waals surface area contributed by atoms with Gasteiger partial charge in [0.05, 0.1) is 63.8 Å². The molecule has 0 saturated heterocycles. The normalized spacial score (nSPS) is 14.1. The first-order chi connectivity index (χ1) is 16.5. The lowest BCUT2D eigenvalue weighted by Gasteiger charge is -2.20. The van der Waals surface area contributed by atoms with Crippen molar-refractivity contribution in [3.05, 3.63) is 63.2 Å². The second-order valence-corrected chi connectivity index (χ2v) is 7.70. The highest BCUT2D eigenvalue weighted by Crippen LogP contribution is 2.19. The van der Waals surface area contributed by atoms with Crippen molar-refractivity contribution in [2.24, 2.45) is 5.92 Å². The van der Waals surface area contributed by atoms with Gasteiger partial charge in [0.2, 0.25) is 0 Å². The Morgan fingerprint density at radius 3 is 1.82 bits per heavy atom. The number of rotatable bonds is 10. The van der Waals surface area contributed by atoms with Crippen LogP contribution in [0.4, 0.5) is 0 Å². The summed E-state index contributed by atoms with van der Waals surface area (Å²) in [7, 11) is 0. The molecule has 1 heterocycles. The van der Waals surface area contributed by atoms with Gasteiger partial charge in [-0.2, -0.15) is 0 Å². The fourth-order valence-corrected chi connectivity index (χ4v) is 2.46. The summed E-state index contributed by atoms with van der Waals surface area (Å²) < 4.78 is 24.5. The van der Waals surface area contributed by atoms with Gasteiger partial charge < -0.3 is 23.7 Å². The Kier molecular flexibility index (Phi) is 37.7. The minimum Gasteiger partial charge on any atom is -0.502 e. The van der Waals surface area contributed by atoms with Gasteiger partial charge in [-0.3, -0.25) is 0 Å². The summed E-state index contributed by atoms with van der Waals surface area (Å²) in [6.07, 6.45) is 22.4. The predicted octanol–water partition coefficient (Wildman–Crippen LogP) is 8.71. The van der Waals surface area contributed by atoms with Gasteiger partial charge in [-0.1, -0.05) is 53.0 Å². The van der Waals surface area contributed by atoms with E-state index < -0.39 is 0 Å². The summed E-state index contributed by atoms with van der Waals surface area (Å²) >= 11 is 0. The molecular formula is C29H54O5. The third kappa shape index (κ3) is 40.1. The second kappa shape index (κ2) is 35.3. The average molecular weight is 483 g/mol. The second-order valence-electron chi connectivity index (χ2n) is 7.70. The molecule has 1 fully saturated rings. The van der Waals surface area contributed by atoms with Crippen LogP contribution in [-0.4, -0.2) is 32.5 Å². The molecule has 34 heavy (non-hydrogen) atoms. The maximum Gasteiger partial charge on any atom is 0.0978 e. The largest absolute Gasteiger partial charge is 0.502 e. The SMILES string of the molecule is C1=COCCC1.C=COC1CCCCC1.C=COCC.C=COCC(C)C.CC/C=C/OCC. The van der Waals surface area contributed by atoms with Gasteiger partial charge in [0.15, 0.2) is 0 Å². The minimum atomic E-state index is 0.483. The summed E-state index contributed by atoms with van der Waals surface area (Å²) in [5, 5.41) is 0. The molecule has 200 valence electrons. The van der Waals surface area contributed by atoms with Crippen molar-refractivity contribution in [3.8, 4) is 0 Å². The molecule has 2 aliphatic rings. The molecule has 0 spiro atoms. The molecule has 0 radical (unpaired) electrons. The maximum absolute atomic E-state index is 5.25. The lowest BCUT2D eigenvalue weighted by Crippen LogP contribution is -2.13. The molecule has 0 aromatic carbocycles. The fraction of sp³-hybridized carbons (Fsp3) is 0.655. The summed E-state index contributed by atoms with van der Waals surface area (Å²) in [5.74, 6) is 0.609. The van der Waals surface area contributed by atoms with E-state index >= 15 is 0 Å². The number of ether oxygens (including phenoxy) is 5. The molecule has 5 nitrogen and oxygen atoms in total. The number of hydrogen-bond acceptors (Lipinski definition) is 5. The average Bonchev–Trinajstić information content (AvgIpc) is 2.87. The number of hydrogen-bond donors (Lipinski definition) is 0. The molecule has 0 unspecified atom stereocenters. The van der Waals surface area contributed by atoms with Crippen LogP contribution in [0.25, 0.3) is 0 Å². The quantitative estimate of drug-likeness (QED) is 0.291. The molecule has 0 N–H and O–H groups in total. The van der Waals surface area contributed by atoms with Crippen LogP contribution < -0.4 is 0 Å². The highest BCUT2D eigenvalue weighted by atomic mass is 16.5. The third-order valence-electron chi connectivity index (χ3n) is 4.09. The highest BCUT2D eigenvalue weighted by Gasteiger charge is 2.11. The lowest BCUT2D eigenvalue weighted by molar-refractivity contribution is 0.107. The van der Waals surface area contributed by atoms with Crippen molar-refractivity contribution >= 4 is 0 Å². The van der Waals surface area contributed by atoms with Crippen LogP contribution in [0.2, 0.25) is 0 Å². The monoisotopic (exact) mass is 482 g/mol. The zero-order chi connectivity index (χ0) is 26.1. The molecule has 2 rings (SSSR count). The van der Waals surface area contributed by atoms with E-state index in [2.05, 4.69) is 45.2 Å². The van der Waals surface area contributed by atoms with Crippen LogP contribution in [-0.2, 0) is 23.7 Å². The summed E-state index contributed by atoms with van der Waals surface area (Å²) in [4.78, 5) is 0. The Balaban J connectivity index is -0.000000359. The van der Waals surface area contributed by atoms with Gasteiger partial charge in [-0.15, -0.1) is 0 Å². The smallest absolute Gasteiger partial charge is 0.0978 e. The Morgan fingerprint density at radius 1 is 0.882 bits per heavy atom. The van der Waals surface area contributed by atoms with Crippen LogP contribution in [0.3, 0.4) is 0 Å². The first kappa shape index (κ1) is 36.3. The molecule has 0 atom stereocenters. The fourth-order valence-electron chi connectivity index (χ4n) is 2.46. The summed E-state index contributed by atoms with van der Waals surface area (Å²) in [6, 6.07) is 0. The zero-order valence-corrected chi connectivity index (χ0v) is 22.8. The minimum absolute atomic E-state index is 0.483. The first-order valence-corrected chi connectivity index (χ1v) is 12.8. The summed E-state index contributed by atoms with van der Waals surface area (Å²) in [6.45, 7) is 23.6. The van der Waals surface area contributed by atoms with Crippen LogP contribution in [0, 0.1) is 5.92 Å². The third-order valence-corrected chi connectivity index (χ3v) is 4.09. The molecule has 1 aliphatic carbocycles. The Bertz CT molecular complexity index is 443. The van der Waals surface area contributed by atoms with Crippen molar-refractivity contribution < 1.29 is 23.7 Å². The molecule has 1 aliphatic heterocycles. The van der Waals surface area contributed by atoms with Gasteiger partial charge in [0.25, 0.3) is 0 Å². The van der Waals surface area contributed by atoms with Gasteiger partial charge in [0.1, 0.15) is 0 Å². The predicted molar refractivity (Wildman–Crippen MR) is 146 cm³/mol. The Hall–Kier alpha value is -2.30. The number of allylic oxidation sites excluding steroid dienone is 2. The molecule has 0 aromatic heterocycles. The van der Waals surface area contributed by atoms with E-state index in [1.165, 1.54) is 57.5 Å². The van der Waals surface area contributed by atoms with Gasteiger partial charge >= 0.3 is 0 Å². The zero-order valence-electron chi connectivity index (χ0n) is 22.8. The topological polar surface area (TPSA) is 46.2 Å². The maximum atomic E-state index is 5.25. The van der Waals surface area contributed by atoms with Crippen LogP contribution in [0.15, 0.2) is 63.2 Å². The lowest BCUT2D eigenvalue weighted by atomic mass is 9.98. The van der Waals surface area contributed by atoms with Crippen molar-refractivity contribution in [2.75, 3.05) is 26.4 Å². The summed E-state index contributed by atoms with van der Waals surface area (Å²) in [5.41, 5.74) is 0. The van der Waals surface area contributed by atoms with Crippen LogP contribution in [0.5, 0.6) is 0 Å². The van der Waals surface area contributed by atoms with E-state index in [0.717, 1.165) is 32.8 Å². The molecule has 0 amide bonds. The van der Waals surface area contributed by atoms with E-state index in [1.54, 1.807) is 18.8 Å². The van der Waals surface area contributed by atoms with E-state index in [-0.39, 0.29) is 0 Å². The van der Waals surface area contributed by atoms with E-state index in [1.807, 2.05) is 26.0 Å². The molecule has 0 aromatic rings. The van der Waals surface area contributed by atoms with Crippen molar-refractivity contribution in [3.63, 3.8) is 0 Å². The van der Waals surface area contributed by atoms with Crippen molar-refractivity contribution in [1.29, 1.82) is 0 Å².